The summed E-state index contributed by atoms with van der Waals surface area (Å²) in [5.74, 6) is 2.06. The Labute approximate surface area is 87.1 Å². The van der Waals surface area contributed by atoms with Gasteiger partial charge in [-0.2, -0.15) is 0 Å². The zero-order chi connectivity index (χ0) is 10.0. The minimum absolute atomic E-state index is 0.151. The quantitative estimate of drug-likeness (QED) is 0.560. The van der Waals surface area contributed by atoms with Gasteiger partial charge in [-0.05, 0) is 24.1 Å². The maximum atomic E-state index is 11.5. The third-order valence-electron chi connectivity index (χ3n) is 3.55. The Kier molecular flexibility index (Phi) is 1.13. The van der Waals surface area contributed by atoms with Crippen molar-refractivity contribution in [2.45, 2.75) is 24.9 Å². The molecule has 0 amide bonds. The van der Waals surface area contributed by atoms with E-state index >= 15 is 0 Å². The van der Waals surface area contributed by atoms with Crippen molar-refractivity contribution in [2.75, 3.05) is 6.61 Å². The first-order chi connectivity index (χ1) is 7.29. The Bertz CT molecular complexity index is 481. The maximum absolute atomic E-state index is 11.5. The van der Waals surface area contributed by atoms with E-state index in [9.17, 15) is 4.79 Å². The van der Waals surface area contributed by atoms with E-state index in [1.807, 2.05) is 0 Å². The molecule has 3 heteroatoms. The largest absolute Gasteiger partial charge is 0.493 e. The van der Waals surface area contributed by atoms with E-state index < -0.39 is 5.60 Å². The van der Waals surface area contributed by atoms with Gasteiger partial charge in [0.25, 0.3) is 0 Å². The number of carbonyl (C=O) groups is 1. The number of hydrogen-bond donors (Lipinski definition) is 0. The topological polar surface area (TPSA) is 38.8 Å². The lowest BCUT2D eigenvalue weighted by molar-refractivity contribution is -0.114. The highest BCUT2D eigenvalue weighted by molar-refractivity contribution is 5.98. The fourth-order valence-electron chi connectivity index (χ4n) is 2.77. The Morgan fingerprint density at radius 1 is 1.40 bits per heavy atom. The van der Waals surface area contributed by atoms with Crippen LogP contribution < -0.4 is 0 Å². The van der Waals surface area contributed by atoms with Crippen molar-refractivity contribution < 1.29 is 14.3 Å². The van der Waals surface area contributed by atoms with Gasteiger partial charge in [0, 0.05) is 12.0 Å². The lowest BCUT2D eigenvalue weighted by Crippen LogP contribution is -2.12. The summed E-state index contributed by atoms with van der Waals surface area (Å²) in [6.45, 7) is 0.745. The molecule has 0 bridgehead atoms. The molecule has 1 saturated heterocycles. The molecule has 0 saturated carbocycles. The second-order valence-electron chi connectivity index (χ2n) is 4.43. The second-order valence-corrected chi connectivity index (χ2v) is 4.43. The molecule has 2 aliphatic carbocycles. The molecule has 76 valence electrons. The minimum Gasteiger partial charge on any atom is -0.493 e. The van der Waals surface area contributed by atoms with Crippen LogP contribution in [-0.2, 0) is 14.3 Å². The van der Waals surface area contributed by atoms with Gasteiger partial charge in [0.1, 0.15) is 11.5 Å². The van der Waals surface area contributed by atoms with E-state index in [2.05, 4.69) is 6.08 Å². The van der Waals surface area contributed by atoms with Crippen LogP contribution in [-0.4, -0.2) is 18.0 Å². The van der Waals surface area contributed by atoms with Crippen molar-refractivity contribution in [1.29, 1.82) is 0 Å². The summed E-state index contributed by atoms with van der Waals surface area (Å²) in [6.07, 6.45) is 6.17. The number of fused-ring (bicyclic) bond motifs is 1. The van der Waals surface area contributed by atoms with Crippen molar-refractivity contribution in [3.63, 3.8) is 0 Å². The maximum Gasteiger partial charge on any atom is 0.201 e. The summed E-state index contributed by atoms with van der Waals surface area (Å²) in [6, 6.07) is 0. The van der Waals surface area contributed by atoms with Crippen LogP contribution in [0.3, 0.4) is 0 Å². The summed E-state index contributed by atoms with van der Waals surface area (Å²) in [5, 5.41) is 0. The van der Waals surface area contributed by atoms with Crippen molar-refractivity contribution in [2.24, 2.45) is 0 Å². The van der Waals surface area contributed by atoms with Gasteiger partial charge < -0.3 is 9.47 Å². The van der Waals surface area contributed by atoms with Gasteiger partial charge in [-0.25, -0.2) is 0 Å². The Morgan fingerprint density at radius 2 is 2.33 bits per heavy atom. The van der Waals surface area contributed by atoms with E-state index in [4.69, 9.17) is 9.47 Å². The first-order valence-electron chi connectivity index (χ1n) is 5.29. The Balaban J connectivity index is 1.94. The molecule has 1 unspecified atom stereocenters. The lowest BCUT2D eigenvalue weighted by Gasteiger charge is -2.09. The van der Waals surface area contributed by atoms with Gasteiger partial charge >= 0.3 is 0 Å². The first-order valence-corrected chi connectivity index (χ1v) is 5.29. The van der Waals surface area contributed by atoms with Gasteiger partial charge in [-0.3, -0.25) is 4.79 Å². The average Bonchev–Trinajstić information content (AvgIpc) is 2.57. The lowest BCUT2D eigenvalue weighted by atomic mass is 9.98. The Morgan fingerprint density at radius 3 is 3.27 bits per heavy atom. The van der Waals surface area contributed by atoms with Gasteiger partial charge in [-0.15, -0.1) is 0 Å². The summed E-state index contributed by atoms with van der Waals surface area (Å²) in [7, 11) is 0. The van der Waals surface area contributed by atoms with Crippen LogP contribution in [0.1, 0.15) is 19.3 Å². The van der Waals surface area contributed by atoms with Crippen molar-refractivity contribution in [3.05, 3.63) is 34.8 Å². The molecule has 2 aliphatic heterocycles. The summed E-state index contributed by atoms with van der Waals surface area (Å²) in [5.41, 5.74) is 1.89. The molecule has 4 rings (SSSR count). The molecule has 0 N–H and O–H groups in total. The number of allylic oxidation sites excluding steroid dienone is 2. The number of ketones is 1. The molecule has 1 spiro atoms. The number of epoxide rings is 1. The van der Waals surface area contributed by atoms with Gasteiger partial charge in [-0.1, -0.05) is 0 Å². The van der Waals surface area contributed by atoms with Crippen LogP contribution in [0.5, 0.6) is 0 Å². The molecule has 0 aromatic rings. The molecule has 0 radical (unpaired) electrons. The van der Waals surface area contributed by atoms with Gasteiger partial charge in [0.05, 0.1) is 13.0 Å². The van der Waals surface area contributed by atoms with Gasteiger partial charge in [0.15, 0.2) is 5.78 Å². The van der Waals surface area contributed by atoms with Crippen molar-refractivity contribution >= 4 is 5.78 Å². The third kappa shape index (κ3) is 0.798. The number of ether oxygens (including phenoxy) is 2. The third-order valence-corrected chi connectivity index (χ3v) is 3.55. The van der Waals surface area contributed by atoms with E-state index in [0.717, 1.165) is 36.5 Å². The fourth-order valence-corrected chi connectivity index (χ4v) is 2.77. The highest BCUT2D eigenvalue weighted by atomic mass is 16.6. The zero-order valence-corrected chi connectivity index (χ0v) is 8.21. The summed E-state index contributed by atoms with van der Waals surface area (Å²) >= 11 is 0. The van der Waals surface area contributed by atoms with Crippen LogP contribution in [0, 0.1) is 0 Å². The highest BCUT2D eigenvalue weighted by Crippen LogP contribution is 2.58. The number of carbonyl (C=O) groups excluding carboxylic acids is 1. The molecule has 0 aromatic carbocycles. The van der Waals surface area contributed by atoms with E-state index in [0.29, 0.717) is 6.42 Å². The molecule has 1 atom stereocenters. The molecule has 15 heavy (non-hydrogen) atoms. The van der Waals surface area contributed by atoms with Crippen molar-refractivity contribution in [1.82, 2.24) is 0 Å². The summed E-state index contributed by atoms with van der Waals surface area (Å²) < 4.78 is 11.2. The molecule has 2 heterocycles. The minimum atomic E-state index is -0.404. The van der Waals surface area contributed by atoms with Crippen LogP contribution >= 0.6 is 0 Å². The monoisotopic (exact) mass is 202 g/mol. The molecule has 0 aromatic heterocycles. The highest BCUT2D eigenvalue weighted by Gasteiger charge is 2.62. The zero-order valence-electron chi connectivity index (χ0n) is 8.21. The van der Waals surface area contributed by atoms with E-state index in [1.54, 1.807) is 6.08 Å². The van der Waals surface area contributed by atoms with Crippen molar-refractivity contribution in [3.8, 4) is 0 Å². The van der Waals surface area contributed by atoms with Crippen LogP contribution in [0.25, 0.3) is 0 Å². The molecule has 4 aliphatic rings. The van der Waals surface area contributed by atoms with Crippen LogP contribution in [0.15, 0.2) is 34.8 Å². The predicted molar refractivity (Wildman–Crippen MR) is 51.8 cm³/mol. The van der Waals surface area contributed by atoms with E-state index in [-0.39, 0.29) is 5.78 Å². The molecule has 3 nitrogen and oxygen atoms in total. The standard InChI is InChI=1S/C12H10O3/c13-8-5-9-11-7(3-4-14-11)1-2-10-12(9,6-8)15-10/h2,5H,1,3-4,6H2. The number of hydrogen-bond acceptors (Lipinski definition) is 3. The number of rotatable bonds is 0. The molecular formula is C12H10O3. The first kappa shape index (κ1) is 7.74. The average molecular weight is 202 g/mol. The Hall–Kier alpha value is -1.51. The fraction of sp³-hybridized carbons (Fsp3) is 0.417. The van der Waals surface area contributed by atoms with Gasteiger partial charge in [0.2, 0.25) is 5.60 Å². The van der Waals surface area contributed by atoms with E-state index in [1.165, 1.54) is 5.57 Å². The predicted octanol–water partition coefficient (Wildman–Crippen LogP) is 1.62. The van der Waals surface area contributed by atoms with Crippen LogP contribution in [0.2, 0.25) is 0 Å². The molecular weight excluding hydrogens is 192 g/mol. The SMILES string of the molecule is O=C1C=C2C3=C(CC=C4OC42C1)CCO3. The molecule has 1 fully saturated rings. The summed E-state index contributed by atoms with van der Waals surface area (Å²) in [4.78, 5) is 11.5. The van der Waals surface area contributed by atoms with Crippen LogP contribution in [0.4, 0.5) is 0 Å². The smallest absolute Gasteiger partial charge is 0.201 e. The normalized spacial score (nSPS) is 35.6. The second kappa shape index (κ2) is 2.18.